The fourth-order valence-electron chi connectivity index (χ4n) is 2.98. The van der Waals surface area contributed by atoms with E-state index in [2.05, 4.69) is 22.9 Å². The maximum atomic E-state index is 5.78. The lowest BCUT2D eigenvalue weighted by Crippen LogP contribution is -2.26. The Morgan fingerprint density at radius 1 is 1.39 bits per heavy atom. The number of hydrogen-bond acceptors (Lipinski definition) is 3. The third-order valence-electron chi connectivity index (χ3n) is 3.94. The molecule has 0 bridgehead atoms. The van der Waals surface area contributed by atoms with Crippen molar-refractivity contribution in [2.24, 2.45) is 11.7 Å². The van der Waals surface area contributed by atoms with Crippen molar-refractivity contribution in [2.75, 3.05) is 18.0 Å². The first-order valence-corrected chi connectivity index (χ1v) is 7.24. The minimum absolute atomic E-state index is 0.533. The largest absolute Gasteiger partial charge is 0.370 e. The Morgan fingerprint density at radius 3 is 3.06 bits per heavy atom. The van der Waals surface area contributed by atoms with E-state index in [1.165, 1.54) is 37.8 Å². The van der Waals surface area contributed by atoms with E-state index in [0.717, 1.165) is 24.7 Å². The van der Waals surface area contributed by atoms with Crippen LogP contribution in [0.25, 0.3) is 0 Å². The van der Waals surface area contributed by atoms with Gasteiger partial charge in [-0.05, 0) is 37.3 Å². The molecule has 1 aliphatic rings. The van der Waals surface area contributed by atoms with Crippen molar-refractivity contribution in [1.82, 2.24) is 4.98 Å². The van der Waals surface area contributed by atoms with Crippen LogP contribution in [0.5, 0.6) is 0 Å². The Balaban J connectivity index is 2.05. The Labute approximate surface area is 110 Å². The van der Waals surface area contributed by atoms with Crippen LogP contribution in [0.15, 0.2) is 18.3 Å². The summed E-state index contributed by atoms with van der Waals surface area (Å²) in [7, 11) is 0. The highest BCUT2D eigenvalue weighted by Crippen LogP contribution is 2.26. The van der Waals surface area contributed by atoms with E-state index in [4.69, 9.17) is 5.73 Å². The number of rotatable bonds is 4. The van der Waals surface area contributed by atoms with Gasteiger partial charge >= 0.3 is 0 Å². The Bertz CT molecular complexity index is 365. The van der Waals surface area contributed by atoms with Crippen LogP contribution < -0.4 is 10.6 Å². The average molecular weight is 247 g/mol. The molecule has 2 heterocycles. The van der Waals surface area contributed by atoms with Crippen molar-refractivity contribution in [2.45, 2.75) is 45.6 Å². The Kier molecular flexibility index (Phi) is 5.00. The van der Waals surface area contributed by atoms with Gasteiger partial charge in [0.05, 0.1) is 11.4 Å². The summed E-state index contributed by atoms with van der Waals surface area (Å²) in [5.41, 5.74) is 8.06. The van der Waals surface area contributed by atoms with Crippen LogP contribution in [0.1, 0.15) is 44.7 Å². The first-order chi connectivity index (χ1) is 8.85. The van der Waals surface area contributed by atoms with Gasteiger partial charge in [-0.25, -0.2) is 0 Å². The van der Waals surface area contributed by atoms with Gasteiger partial charge in [0.2, 0.25) is 0 Å². The molecule has 18 heavy (non-hydrogen) atoms. The number of nitrogens with two attached hydrogens (primary N) is 1. The average Bonchev–Trinajstić information content (AvgIpc) is 2.65. The van der Waals surface area contributed by atoms with E-state index in [1.807, 2.05) is 12.3 Å². The number of nitrogens with zero attached hydrogens (tertiary/aromatic N) is 2. The standard InChI is InChI=1S/C15H25N3/c1-2-5-13-6-4-10-18(11-8-13)15-7-3-9-17-14(15)12-16/h3,7,9,13H,2,4-6,8,10-12,16H2,1H3. The van der Waals surface area contributed by atoms with Crippen LogP contribution in [0.4, 0.5) is 5.69 Å². The monoisotopic (exact) mass is 247 g/mol. The van der Waals surface area contributed by atoms with Crippen LogP contribution in [0.3, 0.4) is 0 Å². The van der Waals surface area contributed by atoms with E-state index in [9.17, 15) is 0 Å². The fraction of sp³-hybridized carbons (Fsp3) is 0.667. The maximum absolute atomic E-state index is 5.78. The van der Waals surface area contributed by atoms with E-state index in [0.29, 0.717) is 6.54 Å². The smallest absolute Gasteiger partial charge is 0.0772 e. The highest BCUT2D eigenvalue weighted by Gasteiger charge is 2.18. The predicted molar refractivity (Wildman–Crippen MR) is 76.6 cm³/mol. The molecule has 1 saturated heterocycles. The van der Waals surface area contributed by atoms with Gasteiger partial charge in [0.25, 0.3) is 0 Å². The first kappa shape index (κ1) is 13.3. The third-order valence-corrected chi connectivity index (χ3v) is 3.94. The van der Waals surface area contributed by atoms with Gasteiger partial charge in [0.15, 0.2) is 0 Å². The third kappa shape index (κ3) is 3.22. The molecule has 0 amide bonds. The minimum Gasteiger partial charge on any atom is -0.370 e. The summed E-state index contributed by atoms with van der Waals surface area (Å²) >= 11 is 0. The Hall–Kier alpha value is -1.09. The van der Waals surface area contributed by atoms with Gasteiger partial charge < -0.3 is 10.6 Å². The van der Waals surface area contributed by atoms with Crippen LogP contribution in [0.2, 0.25) is 0 Å². The minimum atomic E-state index is 0.533. The molecular weight excluding hydrogens is 222 g/mol. The van der Waals surface area contributed by atoms with E-state index < -0.39 is 0 Å². The molecule has 1 fully saturated rings. The van der Waals surface area contributed by atoms with Crippen molar-refractivity contribution < 1.29 is 0 Å². The summed E-state index contributed by atoms with van der Waals surface area (Å²) in [5, 5.41) is 0. The van der Waals surface area contributed by atoms with Gasteiger partial charge in [-0.1, -0.05) is 19.8 Å². The summed E-state index contributed by atoms with van der Waals surface area (Å²) < 4.78 is 0. The SMILES string of the molecule is CCCC1CCCN(c2cccnc2CN)CC1. The predicted octanol–water partition coefficient (Wildman–Crippen LogP) is 2.95. The second kappa shape index (κ2) is 6.74. The van der Waals surface area contributed by atoms with Crippen LogP contribution in [-0.2, 0) is 6.54 Å². The molecule has 3 nitrogen and oxygen atoms in total. The lowest BCUT2D eigenvalue weighted by atomic mass is 9.96. The molecule has 0 radical (unpaired) electrons. The Morgan fingerprint density at radius 2 is 2.28 bits per heavy atom. The van der Waals surface area contributed by atoms with Crippen molar-refractivity contribution in [1.29, 1.82) is 0 Å². The van der Waals surface area contributed by atoms with Crippen LogP contribution in [0, 0.1) is 5.92 Å². The zero-order valence-corrected chi connectivity index (χ0v) is 11.4. The molecule has 2 rings (SSSR count). The van der Waals surface area contributed by atoms with Crippen molar-refractivity contribution in [3.8, 4) is 0 Å². The van der Waals surface area contributed by atoms with Crippen molar-refractivity contribution >= 4 is 5.69 Å². The first-order valence-electron chi connectivity index (χ1n) is 7.24. The molecule has 2 N–H and O–H groups in total. The lowest BCUT2D eigenvalue weighted by molar-refractivity contribution is 0.435. The second-order valence-electron chi connectivity index (χ2n) is 5.25. The number of aromatic nitrogens is 1. The summed E-state index contributed by atoms with van der Waals surface area (Å²) in [4.78, 5) is 6.87. The molecule has 100 valence electrons. The molecule has 0 saturated carbocycles. The van der Waals surface area contributed by atoms with Crippen molar-refractivity contribution in [3.63, 3.8) is 0 Å². The molecule has 1 aliphatic heterocycles. The van der Waals surface area contributed by atoms with Gasteiger partial charge in [0.1, 0.15) is 0 Å². The van der Waals surface area contributed by atoms with Gasteiger partial charge in [-0.15, -0.1) is 0 Å². The van der Waals surface area contributed by atoms with Crippen molar-refractivity contribution in [3.05, 3.63) is 24.0 Å². The molecule has 1 aromatic heterocycles. The van der Waals surface area contributed by atoms with E-state index in [-0.39, 0.29) is 0 Å². The van der Waals surface area contributed by atoms with E-state index in [1.54, 1.807) is 0 Å². The number of hydrogen-bond donors (Lipinski definition) is 1. The molecule has 1 aromatic rings. The summed E-state index contributed by atoms with van der Waals surface area (Å²) in [5.74, 6) is 0.915. The summed E-state index contributed by atoms with van der Waals surface area (Å²) in [6, 6.07) is 4.18. The fourth-order valence-corrected chi connectivity index (χ4v) is 2.98. The lowest BCUT2D eigenvalue weighted by Gasteiger charge is -2.24. The number of anilines is 1. The zero-order valence-electron chi connectivity index (χ0n) is 11.4. The summed E-state index contributed by atoms with van der Waals surface area (Å²) in [6.45, 7) is 5.13. The molecule has 0 spiro atoms. The quantitative estimate of drug-likeness (QED) is 0.889. The molecule has 0 aromatic carbocycles. The van der Waals surface area contributed by atoms with Gasteiger partial charge in [-0.2, -0.15) is 0 Å². The molecule has 0 aliphatic carbocycles. The van der Waals surface area contributed by atoms with Gasteiger partial charge in [-0.3, -0.25) is 4.98 Å². The number of pyridine rings is 1. The topological polar surface area (TPSA) is 42.2 Å². The highest BCUT2D eigenvalue weighted by atomic mass is 15.1. The molecular formula is C15H25N3. The van der Waals surface area contributed by atoms with E-state index >= 15 is 0 Å². The maximum Gasteiger partial charge on any atom is 0.0772 e. The summed E-state index contributed by atoms with van der Waals surface area (Å²) in [6.07, 6.45) is 8.51. The normalized spacial score (nSPS) is 20.8. The highest BCUT2D eigenvalue weighted by molar-refractivity contribution is 5.50. The van der Waals surface area contributed by atoms with Crippen LogP contribution in [-0.4, -0.2) is 18.1 Å². The molecule has 1 atom stereocenters. The van der Waals surface area contributed by atoms with Gasteiger partial charge in [0, 0.05) is 25.8 Å². The zero-order chi connectivity index (χ0) is 12.8. The molecule has 1 unspecified atom stereocenters. The molecule has 3 heteroatoms. The second-order valence-corrected chi connectivity index (χ2v) is 5.25. The van der Waals surface area contributed by atoms with Crippen LogP contribution >= 0.6 is 0 Å².